The molecule has 2 aromatic rings. The third-order valence-electron chi connectivity index (χ3n) is 4.58. The average molecular weight is 341 g/mol. The molecule has 1 fully saturated rings. The molecule has 1 aromatic carbocycles. The number of carbonyl (C=O) groups excluding carboxylic acids is 1. The highest BCUT2D eigenvalue weighted by atomic mass is 16.2. The van der Waals surface area contributed by atoms with Crippen molar-refractivity contribution in [3.05, 3.63) is 48.3 Å². The largest absolute Gasteiger partial charge is 0.335 e. The third-order valence-corrected chi connectivity index (χ3v) is 4.58. The number of nitrogens with one attached hydrogen (secondary N) is 2. The molecular weight excluding hydrogens is 314 g/mol. The minimum atomic E-state index is -0.117. The molecule has 2 amide bonds. The Balaban J connectivity index is 1.43. The normalized spacial score (nSPS) is 15.9. The van der Waals surface area contributed by atoms with Crippen LogP contribution >= 0.6 is 0 Å². The van der Waals surface area contributed by atoms with E-state index in [-0.39, 0.29) is 12.1 Å². The molecule has 134 valence electrons. The van der Waals surface area contributed by atoms with Gasteiger partial charge in [0, 0.05) is 37.2 Å². The maximum absolute atomic E-state index is 12.2. The first kappa shape index (κ1) is 17.5. The van der Waals surface area contributed by atoms with Crippen molar-refractivity contribution in [3.8, 4) is 0 Å². The number of rotatable bonds is 6. The van der Waals surface area contributed by atoms with Crippen LogP contribution in [0.2, 0.25) is 0 Å². The standard InChI is InChI=1S/C19H27N5O/c1-2-11-23-13-8-18(9-14-23)22-19(25)21-17-6-4-16(5-7-17)15-24-12-3-10-20-24/h3-7,10,12,18H,2,8-9,11,13-15H2,1H3,(H2,21,22,25). The molecule has 1 saturated heterocycles. The molecular formula is C19H27N5O. The fraction of sp³-hybridized carbons (Fsp3) is 0.474. The molecule has 0 atom stereocenters. The van der Waals surface area contributed by atoms with Gasteiger partial charge in [0.25, 0.3) is 0 Å². The molecule has 3 rings (SSSR count). The predicted molar refractivity (Wildman–Crippen MR) is 99.7 cm³/mol. The van der Waals surface area contributed by atoms with Crippen molar-refractivity contribution in [2.75, 3.05) is 25.0 Å². The lowest BCUT2D eigenvalue weighted by atomic mass is 10.1. The van der Waals surface area contributed by atoms with Crippen molar-refractivity contribution in [3.63, 3.8) is 0 Å². The minimum Gasteiger partial charge on any atom is -0.335 e. The molecule has 0 bridgehead atoms. The van der Waals surface area contributed by atoms with Gasteiger partial charge in [-0.2, -0.15) is 5.10 Å². The fourth-order valence-electron chi connectivity index (χ4n) is 3.24. The summed E-state index contributed by atoms with van der Waals surface area (Å²) in [4.78, 5) is 14.6. The molecule has 1 aliphatic heterocycles. The topological polar surface area (TPSA) is 62.2 Å². The Morgan fingerprint density at radius 2 is 2.00 bits per heavy atom. The number of benzene rings is 1. The summed E-state index contributed by atoms with van der Waals surface area (Å²) in [7, 11) is 0. The summed E-state index contributed by atoms with van der Waals surface area (Å²) in [6.45, 7) is 6.24. The predicted octanol–water partition coefficient (Wildman–Crippen LogP) is 2.93. The van der Waals surface area contributed by atoms with Crippen molar-refractivity contribution in [1.82, 2.24) is 20.0 Å². The second kappa shape index (κ2) is 8.67. The van der Waals surface area contributed by atoms with Crippen LogP contribution in [-0.4, -0.2) is 46.4 Å². The molecule has 0 spiro atoms. The first-order valence-corrected chi connectivity index (χ1v) is 9.09. The Labute approximate surface area is 149 Å². The number of hydrogen-bond acceptors (Lipinski definition) is 3. The van der Waals surface area contributed by atoms with Crippen LogP contribution in [0.1, 0.15) is 31.7 Å². The van der Waals surface area contributed by atoms with Crippen molar-refractivity contribution in [2.45, 2.75) is 38.8 Å². The van der Waals surface area contributed by atoms with Crippen molar-refractivity contribution in [2.24, 2.45) is 0 Å². The summed E-state index contributed by atoms with van der Waals surface area (Å²) < 4.78 is 1.88. The SMILES string of the molecule is CCCN1CCC(NC(=O)Nc2ccc(Cn3cccn3)cc2)CC1. The quantitative estimate of drug-likeness (QED) is 0.849. The van der Waals surface area contributed by atoms with Gasteiger partial charge >= 0.3 is 6.03 Å². The number of anilines is 1. The third kappa shape index (κ3) is 5.32. The van der Waals surface area contributed by atoms with E-state index in [1.165, 1.54) is 6.42 Å². The number of amides is 2. The molecule has 6 nitrogen and oxygen atoms in total. The highest BCUT2D eigenvalue weighted by Crippen LogP contribution is 2.13. The maximum atomic E-state index is 12.2. The van der Waals surface area contributed by atoms with Crippen LogP contribution < -0.4 is 10.6 Å². The lowest BCUT2D eigenvalue weighted by Crippen LogP contribution is -2.46. The fourth-order valence-corrected chi connectivity index (χ4v) is 3.24. The monoisotopic (exact) mass is 341 g/mol. The molecule has 2 heterocycles. The summed E-state index contributed by atoms with van der Waals surface area (Å²) in [6.07, 6.45) is 6.94. The number of nitrogens with zero attached hydrogens (tertiary/aromatic N) is 3. The molecule has 1 aliphatic rings. The van der Waals surface area contributed by atoms with E-state index in [9.17, 15) is 4.79 Å². The number of hydrogen-bond donors (Lipinski definition) is 2. The smallest absolute Gasteiger partial charge is 0.319 e. The van der Waals surface area contributed by atoms with Crippen molar-refractivity contribution < 1.29 is 4.79 Å². The molecule has 6 heteroatoms. The molecule has 0 aliphatic carbocycles. The number of urea groups is 1. The Bertz CT molecular complexity index is 645. The molecule has 25 heavy (non-hydrogen) atoms. The molecule has 0 radical (unpaired) electrons. The summed E-state index contributed by atoms with van der Waals surface area (Å²) in [5.74, 6) is 0. The highest BCUT2D eigenvalue weighted by Gasteiger charge is 2.19. The van der Waals surface area contributed by atoms with Crippen LogP contribution in [0, 0.1) is 0 Å². The molecule has 2 N–H and O–H groups in total. The van der Waals surface area contributed by atoms with E-state index in [0.717, 1.165) is 50.3 Å². The summed E-state index contributed by atoms with van der Waals surface area (Å²) >= 11 is 0. The van der Waals surface area contributed by atoms with E-state index < -0.39 is 0 Å². The van der Waals surface area contributed by atoms with Gasteiger partial charge in [0.1, 0.15) is 0 Å². The van der Waals surface area contributed by atoms with E-state index in [1.807, 2.05) is 41.2 Å². The van der Waals surface area contributed by atoms with E-state index >= 15 is 0 Å². The van der Waals surface area contributed by atoms with E-state index in [2.05, 4.69) is 27.6 Å². The Kier molecular flexibility index (Phi) is 6.06. The van der Waals surface area contributed by atoms with Gasteiger partial charge in [0.05, 0.1) is 6.54 Å². The summed E-state index contributed by atoms with van der Waals surface area (Å²) in [6, 6.07) is 9.96. The zero-order chi connectivity index (χ0) is 17.5. The molecule has 0 unspecified atom stereocenters. The van der Waals surface area contributed by atoms with Crippen LogP contribution in [0.4, 0.5) is 10.5 Å². The zero-order valence-electron chi connectivity index (χ0n) is 14.8. The summed E-state index contributed by atoms with van der Waals surface area (Å²) in [5.41, 5.74) is 1.96. The van der Waals surface area contributed by atoms with Crippen LogP contribution in [0.15, 0.2) is 42.7 Å². The second-order valence-electron chi connectivity index (χ2n) is 6.61. The highest BCUT2D eigenvalue weighted by molar-refractivity contribution is 5.89. The van der Waals surface area contributed by atoms with Crippen molar-refractivity contribution >= 4 is 11.7 Å². The van der Waals surface area contributed by atoms with Gasteiger partial charge in [-0.25, -0.2) is 4.79 Å². The molecule has 1 aromatic heterocycles. The van der Waals surface area contributed by atoms with E-state index in [4.69, 9.17) is 0 Å². The summed E-state index contributed by atoms with van der Waals surface area (Å²) in [5, 5.41) is 10.2. The van der Waals surface area contributed by atoms with Gasteiger partial charge in [-0.3, -0.25) is 4.68 Å². The number of likely N-dealkylation sites (tertiary alicyclic amines) is 1. The van der Waals surface area contributed by atoms with E-state index in [0.29, 0.717) is 0 Å². The number of aromatic nitrogens is 2. The lowest BCUT2D eigenvalue weighted by Gasteiger charge is -2.32. The van der Waals surface area contributed by atoms with Crippen LogP contribution in [0.5, 0.6) is 0 Å². The average Bonchev–Trinajstić information content (AvgIpc) is 3.12. The van der Waals surface area contributed by atoms with Gasteiger partial charge in [0.2, 0.25) is 0 Å². The van der Waals surface area contributed by atoms with Crippen LogP contribution in [-0.2, 0) is 6.54 Å². The van der Waals surface area contributed by atoms with Crippen LogP contribution in [0.3, 0.4) is 0 Å². The second-order valence-corrected chi connectivity index (χ2v) is 6.61. The van der Waals surface area contributed by atoms with Crippen LogP contribution in [0.25, 0.3) is 0 Å². The Hall–Kier alpha value is -2.34. The first-order valence-electron chi connectivity index (χ1n) is 9.09. The van der Waals surface area contributed by atoms with Gasteiger partial charge in [-0.05, 0) is 49.6 Å². The van der Waals surface area contributed by atoms with Gasteiger partial charge in [-0.15, -0.1) is 0 Å². The van der Waals surface area contributed by atoms with Crippen molar-refractivity contribution in [1.29, 1.82) is 0 Å². The van der Waals surface area contributed by atoms with Gasteiger partial charge < -0.3 is 15.5 Å². The number of carbonyl (C=O) groups is 1. The minimum absolute atomic E-state index is 0.117. The Morgan fingerprint density at radius 1 is 1.24 bits per heavy atom. The molecule has 0 saturated carbocycles. The first-order chi connectivity index (χ1) is 12.2. The maximum Gasteiger partial charge on any atom is 0.319 e. The zero-order valence-corrected chi connectivity index (χ0v) is 14.8. The Morgan fingerprint density at radius 3 is 2.64 bits per heavy atom. The lowest BCUT2D eigenvalue weighted by molar-refractivity contribution is 0.196. The number of piperidine rings is 1. The van der Waals surface area contributed by atoms with Gasteiger partial charge in [-0.1, -0.05) is 19.1 Å². The van der Waals surface area contributed by atoms with Gasteiger partial charge in [0.15, 0.2) is 0 Å². The van der Waals surface area contributed by atoms with E-state index in [1.54, 1.807) is 6.20 Å².